The lowest BCUT2D eigenvalue weighted by Gasteiger charge is -2.23. The van der Waals surface area contributed by atoms with Crippen LogP contribution in [0.2, 0.25) is 0 Å². The van der Waals surface area contributed by atoms with Crippen LogP contribution in [0.15, 0.2) is 12.7 Å². The lowest BCUT2D eigenvalue weighted by Crippen LogP contribution is -2.39. The zero-order chi connectivity index (χ0) is 8.97. The van der Waals surface area contributed by atoms with Crippen LogP contribution in [0.4, 0.5) is 0 Å². The molecule has 1 rings (SSSR count). The maximum atomic E-state index is 5.68. The number of hydrogen-bond acceptors (Lipinski definition) is 2. The molecule has 1 fully saturated rings. The summed E-state index contributed by atoms with van der Waals surface area (Å²) in [5.74, 6) is 0.764. The van der Waals surface area contributed by atoms with E-state index in [4.69, 9.17) is 4.74 Å². The van der Waals surface area contributed by atoms with Crippen molar-refractivity contribution >= 4 is 0 Å². The molecule has 0 saturated heterocycles. The Morgan fingerprint density at radius 1 is 1.67 bits per heavy atom. The fraction of sp³-hybridized carbons (Fsp3) is 0.800. The van der Waals surface area contributed by atoms with Crippen LogP contribution in [-0.4, -0.2) is 25.8 Å². The molecular formula is C10H19NO. The third kappa shape index (κ3) is 2.32. The molecule has 0 heterocycles. The van der Waals surface area contributed by atoms with Gasteiger partial charge in [-0.15, -0.1) is 6.58 Å². The van der Waals surface area contributed by atoms with E-state index in [-0.39, 0.29) is 0 Å². The van der Waals surface area contributed by atoms with E-state index in [0.717, 1.165) is 12.5 Å². The first-order valence-corrected chi connectivity index (χ1v) is 4.74. The first-order chi connectivity index (χ1) is 5.83. The minimum atomic E-state index is 0.317. The average Bonchev–Trinajstić information content (AvgIpc) is 2.88. The van der Waals surface area contributed by atoms with E-state index in [1.165, 1.54) is 12.8 Å². The molecule has 2 heteroatoms. The van der Waals surface area contributed by atoms with Gasteiger partial charge in [-0.1, -0.05) is 6.08 Å². The van der Waals surface area contributed by atoms with Gasteiger partial charge in [-0.05, 0) is 32.7 Å². The van der Waals surface area contributed by atoms with Gasteiger partial charge in [0.1, 0.15) is 0 Å². The van der Waals surface area contributed by atoms with Gasteiger partial charge in [-0.3, -0.25) is 0 Å². The van der Waals surface area contributed by atoms with Crippen LogP contribution < -0.4 is 5.32 Å². The fourth-order valence-corrected chi connectivity index (χ4v) is 1.57. The largest absolute Gasteiger partial charge is 0.376 e. The molecule has 0 bridgehead atoms. The van der Waals surface area contributed by atoms with E-state index < -0.39 is 0 Å². The third-order valence-corrected chi connectivity index (χ3v) is 2.39. The van der Waals surface area contributed by atoms with Gasteiger partial charge in [0.2, 0.25) is 0 Å². The predicted octanol–water partition coefficient (Wildman–Crippen LogP) is 1.58. The SMILES string of the molecule is C=CC(NC)C(OCC)C1CC1. The normalized spacial score (nSPS) is 21.8. The van der Waals surface area contributed by atoms with Crippen LogP contribution in [0.1, 0.15) is 19.8 Å². The summed E-state index contributed by atoms with van der Waals surface area (Å²) in [4.78, 5) is 0. The molecule has 0 aromatic carbocycles. The molecule has 70 valence electrons. The van der Waals surface area contributed by atoms with Crippen LogP contribution in [0.5, 0.6) is 0 Å². The van der Waals surface area contributed by atoms with Crippen LogP contribution >= 0.6 is 0 Å². The molecule has 1 aliphatic rings. The third-order valence-electron chi connectivity index (χ3n) is 2.39. The molecule has 2 nitrogen and oxygen atoms in total. The minimum absolute atomic E-state index is 0.317. The van der Waals surface area contributed by atoms with Gasteiger partial charge in [-0.2, -0.15) is 0 Å². The maximum Gasteiger partial charge on any atom is 0.0791 e. The highest BCUT2D eigenvalue weighted by atomic mass is 16.5. The maximum absolute atomic E-state index is 5.68. The van der Waals surface area contributed by atoms with Gasteiger partial charge in [0.25, 0.3) is 0 Å². The van der Waals surface area contributed by atoms with Crippen molar-refractivity contribution in [2.45, 2.75) is 31.9 Å². The number of rotatable bonds is 6. The van der Waals surface area contributed by atoms with E-state index >= 15 is 0 Å². The van der Waals surface area contributed by atoms with Gasteiger partial charge in [0, 0.05) is 6.61 Å². The summed E-state index contributed by atoms with van der Waals surface area (Å²) in [7, 11) is 1.96. The van der Waals surface area contributed by atoms with Gasteiger partial charge < -0.3 is 10.1 Å². The van der Waals surface area contributed by atoms with Gasteiger partial charge in [0.15, 0.2) is 0 Å². The van der Waals surface area contributed by atoms with Crippen molar-refractivity contribution < 1.29 is 4.74 Å². The smallest absolute Gasteiger partial charge is 0.0791 e. The van der Waals surface area contributed by atoms with E-state index in [2.05, 4.69) is 11.9 Å². The lowest BCUT2D eigenvalue weighted by molar-refractivity contribution is 0.0322. The molecule has 1 aliphatic carbocycles. The molecule has 12 heavy (non-hydrogen) atoms. The standard InChI is InChI=1S/C10H19NO/c1-4-9(11-3)10(12-5-2)8-6-7-8/h4,8-11H,1,5-7H2,2-3H3. The summed E-state index contributed by atoms with van der Waals surface area (Å²) in [5.41, 5.74) is 0. The Kier molecular flexibility index (Phi) is 3.76. The van der Waals surface area contributed by atoms with Crippen molar-refractivity contribution in [3.63, 3.8) is 0 Å². The Morgan fingerprint density at radius 2 is 2.33 bits per heavy atom. The Morgan fingerprint density at radius 3 is 2.67 bits per heavy atom. The molecule has 2 atom stereocenters. The molecule has 2 unspecified atom stereocenters. The van der Waals surface area contributed by atoms with Crippen molar-refractivity contribution in [3.8, 4) is 0 Å². The van der Waals surface area contributed by atoms with Crippen molar-refractivity contribution in [3.05, 3.63) is 12.7 Å². The molecule has 1 saturated carbocycles. The van der Waals surface area contributed by atoms with Crippen LogP contribution in [0.3, 0.4) is 0 Å². The minimum Gasteiger partial charge on any atom is -0.376 e. The molecule has 0 amide bonds. The molecule has 0 spiro atoms. The highest BCUT2D eigenvalue weighted by Crippen LogP contribution is 2.35. The molecule has 1 N–H and O–H groups in total. The Hall–Kier alpha value is -0.340. The molecule has 0 aromatic rings. The van der Waals surface area contributed by atoms with Gasteiger partial charge >= 0.3 is 0 Å². The van der Waals surface area contributed by atoms with E-state index in [9.17, 15) is 0 Å². The second-order valence-corrected chi connectivity index (χ2v) is 3.31. The topological polar surface area (TPSA) is 21.3 Å². The van der Waals surface area contributed by atoms with Crippen LogP contribution in [0, 0.1) is 5.92 Å². The summed E-state index contributed by atoms with van der Waals surface area (Å²) < 4.78 is 5.68. The zero-order valence-electron chi connectivity index (χ0n) is 8.05. The van der Waals surface area contributed by atoms with E-state index in [0.29, 0.717) is 12.1 Å². The quantitative estimate of drug-likeness (QED) is 0.609. The van der Waals surface area contributed by atoms with Crippen molar-refractivity contribution in [2.24, 2.45) is 5.92 Å². The highest BCUT2D eigenvalue weighted by molar-refractivity contribution is 4.98. The van der Waals surface area contributed by atoms with Crippen LogP contribution in [0.25, 0.3) is 0 Å². The molecular weight excluding hydrogens is 150 g/mol. The highest BCUT2D eigenvalue weighted by Gasteiger charge is 2.35. The van der Waals surface area contributed by atoms with Crippen molar-refractivity contribution in [1.82, 2.24) is 5.32 Å². The Labute approximate surface area is 75.0 Å². The summed E-state index contributed by atoms with van der Waals surface area (Å²) in [6, 6.07) is 0.317. The molecule has 0 radical (unpaired) electrons. The van der Waals surface area contributed by atoms with Gasteiger partial charge in [0.05, 0.1) is 12.1 Å². The second-order valence-electron chi connectivity index (χ2n) is 3.31. The number of likely N-dealkylation sites (N-methyl/N-ethyl adjacent to an activating group) is 1. The fourth-order valence-electron chi connectivity index (χ4n) is 1.57. The number of nitrogens with one attached hydrogen (secondary N) is 1. The predicted molar refractivity (Wildman–Crippen MR) is 51.2 cm³/mol. The van der Waals surface area contributed by atoms with Crippen LogP contribution in [-0.2, 0) is 4.74 Å². The average molecular weight is 169 g/mol. The lowest BCUT2D eigenvalue weighted by atomic mass is 10.1. The van der Waals surface area contributed by atoms with E-state index in [1.807, 2.05) is 20.0 Å². The Bertz CT molecular complexity index is 143. The van der Waals surface area contributed by atoms with Gasteiger partial charge in [-0.25, -0.2) is 0 Å². The summed E-state index contributed by atoms with van der Waals surface area (Å²) in [5, 5.41) is 3.21. The first kappa shape index (κ1) is 9.75. The number of ether oxygens (including phenoxy) is 1. The monoisotopic (exact) mass is 169 g/mol. The van der Waals surface area contributed by atoms with Crippen molar-refractivity contribution in [2.75, 3.05) is 13.7 Å². The zero-order valence-corrected chi connectivity index (χ0v) is 8.05. The Balaban J connectivity index is 2.43. The van der Waals surface area contributed by atoms with Crippen molar-refractivity contribution in [1.29, 1.82) is 0 Å². The summed E-state index contributed by atoms with van der Waals surface area (Å²) in [6.45, 7) is 6.65. The molecule has 0 aromatic heterocycles. The summed E-state index contributed by atoms with van der Waals surface area (Å²) in [6.07, 6.45) is 4.92. The first-order valence-electron chi connectivity index (χ1n) is 4.74. The molecule has 0 aliphatic heterocycles. The second kappa shape index (κ2) is 4.63. The summed E-state index contributed by atoms with van der Waals surface area (Å²) >= 11 is 0. The van der Waals surface area contributed by atoms with E-state index in [1.54, 1.807) is 0 Å². The number of hydrogen-bond donors (Lipinski definition) is 1.